The zero-order valence-corrected chi connectivity index (χ0v) is 14.0. The van der Waals surface area contributed by atoms with E-state index in [2.05, 4.69) is 0 Å². The lowest BCUT2D eigenvalue weighted by Gasteiger charge is -2.13. The van der Waals surface area contributed by atoms with E-state index in [1.807, 2.05) is 30.3 Å². The van der Waals surface area contributed by atoms with E-state index in [-0.39, 0.29) is 11.9 Å². The van der Waals surface area contributed by atoms with E-state index in [1.165, 1.54) is 5.56 Å². The molecule has 2 aromatic carbocycles. The molecule has 4 nitrogen and oxygen atoms in total. The molecule has 1 atom stereocenters. The number of benzene rings is 2. The first kappa shape index (κ1) is 16.7. The van der Waals surface area contributed by atoms with Crippen molar-refractivity contribution in [2.75, 3.05) is 7.11 Å². The van der Waals surface area contributed by atoms with Crippen LogP contribution in [0.2, 0.25) is 0 Å². The van der Waals surface area contributed by atoms with E-state index in [9.17, 15) is 10.2 Å². The Bertz CT molecular complexity index is 696. The maximum absolute atomic E-state index is 10.1. The van der Waals surface area contributed by atoms with Crippen molar-refractivity contribution in [3.8, 4) is 23.0 Å². The van der Waals surface area contributed by atoms with Crippen LogP contribution in [0.4, 0.5) is 0 Å². The zero-order chi connectivity index (χ0) is 16.9. The number of phenolic OH excluding ortho intramolecular Hbond substituents is 1. The van der Waals surface area contributed by atoms with Gasteiger partial charge in [0.2, 0.25) is 0 Å². The van der Waals surface area contributed by atoms with Crippen molar-refractivity contribution in [1.29, 1.82) is 0 Å². The first-order valence-electron chi connectivity index (χ1n) is 8.50. The summed E-state index contributed by atoms with van der Waals surface area (Å²) in [6.07, 6.45) is 4.99. The van der Waals surface area contributed by atoms with E-state index in [4.69, 9.17) is 9.47 Å². The smallest absolute Gasteiger partial charge is 0.169 e. The van der Waals surface area contributed by atoms with Crippen molar-refractivity contribution in [2.45, 2.75) is 44.6 Å². The normalized spacial score (nSPS) is 18.3. The molecule has 2 aliphatic heterocycles. The first-order chi connectivity index (χ1) is 11.7. The minimum absolute atomic E-state index is 0.0924. The minimum atomic E-state index is -0.287. The van der Waals surface area contributed by atoms with Crippen LogP contribution in [0.3, 0.4) is 0 Å². The van der Waals surface area contributed by atoms with Gasteiger partial charge >= 0.3 is 0 Å². The third-order valence-electron chi connectivity index (χ3n) is 4.49. The van der Waals surface area contributed by atoms with Gasteiger partial charge in [-0.1, -0.05) is 18.6 Å². The largest absolute Gasteiger partial charge is 0.504 e. The summed E-state index contributed by atoms with van der Waals surface area (Å²) >= 11 is 0. The average Bonchev–Trinajstić information content (AvgIpc) is 2.60. The van der Waals surface area contributed by atoms with Crippen molar-refractivity contribution < 1.29 is 19.7 Å². The molecule has 128 valence electrons. The highest BCUT2D eigenvalue weighted by atomic mass is 16.5. The number of aliphatic hydroxyl groups is 1. The van der Waals surface area contributed by atoms with Crippen molar-refractivity contribution in [1.82, 2.24) is 0 Å². The summed E-state index contributed by atoms with van der Waals surface area (Å²) in [6.45, 7) is 0. The molecule has 0 aliphatic carbocycles. The number of fused-ring (bicyclic) bond motifs is 8. The molecule has 4 bridgehead atoms. The van der Waals surface area contributed by atoms with Gasteiger partial charge in [-0.05, 0) is 67.5 Å². The van der Waals surface area contributed by atoms with Crippen LogP contribution < -0.4 is 9.47 Å². The van der Waals surface area contributed by atoms with E-state index in [1.54, 1.807) is 13.2 Å². The van der Waals surface area contributed by atoms with Gasteiger partial charge in [-0.25, -0.2) is 0 Å². The van der Waals surface area contributed by atoms with Gasteiger partial charge in [-0.2, -0.15) is 0 Å². The Kier molecular flexibility index (Phi) is 5.26. The molecule has 0 aromatic heterocycles. The molecule has 0 amide bonds. The van der Waals surface area contributed by atoms with Crippen molar-refractivity contribution in [2.24, 2.45) is 0 Å². The third kappa shape index (κ3) is 4.01. The number of methoxy groups -OCH3 is 1. The Morgan fingerprint density at radius 3 is 2.58 bits per heavy atom. The molecule has 0 fully saturated rings. The number of aliphatic hydroxyl groups excluding tert-OH is 1. The second kappa shape index (κ2) is 7.58. The molecule has 0 saturated heterocycles. The van der Waals surface area contributed by atoms with Gasteiger partial charge in [0.15, 0.2) is 23.0 Å². The van der Waals surface area contributed by atoms with Crippen LogP contribution in [0.25, 0.3) is 0 Å². The molecule has 2 aromatic rings. The molecule has 0 unspecified atom stereocenters. The molecule has 24 heavy (non-hydrogen) atoms. The average molecular weight is 328 g/mol. The quantitative estimate of drug-likeness (QED) is 0.823. The minimum Gasteiger partial charge on any atom is -0.504 e. The Morgan fingerprint density at radius 1 is 0.958 bits per heavy atom. The molecular weight excluding hydrogens is 304 g/mol. The van der Waals surface area contributed by atoms with Crippen molar-refractivity contribution >= 4 is 0 Å². The Hall–Kier alpha value is -2.20. The zero-order valence-electron chi connectivity index (χ0n) is 14.0. The maximum atomic E-state index is 10.1. The Morgan fingerprint density at radius 2 is 1.75 bits per heavy atom. The summed E-state index contributed by atoms with van der Waals surface area (Å²) in [5.41, 5.74) is 2.22. The number of hydrogen-bond donors (Lipinski definition) is 2. The van der Waals surface area contributed by atoms with E-state index >= 15 is 0 Å². The molecule has 0 saturated carbocycles. The van der Waals surface area contributed by atoms with Gasteiger partial charge in [0.05, 0.1) is 13.2 Å². The number of phenols is 1. The van der Waals surface area contributed by atoms with Crippen LogP contribution in [-0.2, 0) is 12.8 Å². The van der Waals surface area contributed by atoms with Crippen LogP contribution in [-0.4, -0.2) is 23.4 Å². The van der Waals surface area contributed by atoms with E-state index in [0.29, 0.717) is 17.2 Å². The van der Waals surface area contributed by atoms with Crippen LogP contribution in [0.5, 0.6) is 23.0 Å². The summed E-state index contributed by atoms with van der Waals surface area (Å²) in [7, 11) is 1.62. The molecule has 0 radical (unpaired) electrons. The van der Waals surface area contributed by atoms with Gasteiger partial charge < -0.3 is 19.7 Å². The topological polar surface area (TPSA) is 58.9 Å². The molecule has 2 heterocycles. The molecule has 2 N–H and O–H groups in total. The fraction of sp³-hybridized carbons (Fsp3) is 0.400. The van der Waals surface area contributed by atoms with Gasteiger partial charge in [0, 0.05) is 0 Å². The highest BCUT2D eigenvalue weighted by molar-refractivity contribution is 5.49. The maximum Gasteiger partial charge on any atom is 0.169 e. The van der Waals surface area contributed by atoms with Crippen LogP contribution in [0.1, 0.15) is 36.8 Å². The van der Waals surface area contributed by atoms with Gasteiger partial charge in [-0.15, -0.1) is 0 Å². The summed E-state index contributed by atoms with van der Waals surface area (Å²) in [5, 5.41) is 20.2. The first-order valence-corrected chi connectivity index (χ1v) is 8.50. The second-order valence-corrected chi connectivity index (χ2v) is 6.33. The van der Waals surface area contributed by atoms with Crippen LogP contribution in [0, 0.1) is 0 Å². The van der Waals surface area contributed by atoms with Gasteiger partial charge in [-0.3, -0.25) is 0 Å². The number of ether oxygens (including phenoxy) is 2. The molecule has 4 heteroatoms. The monoisotopic (exact) mass is 328 g/mol. The number of hydrogen-bond acceptors (Lipinski definition) is 4. The highest BCUT2D eigenvalue weighted by Gasteiger charge is 2.13. The number of rotatable bonds is 1. The van der Waals surface area contributed by atoms with E-state index in [0.717, 1.165) is 44.1 Å². The highest BCUT2D eigenvalue weighted by Crippen LogP contribution is 2.37. The SMILES string of the molecule is COc1cc2ccc1Oc1cc(ccc1O)CC[C@@H](O)CCCC2. The fourth-order valence-corrected chi connectivity index (χ4v) is 3.05. The lowest BCUT2D eigenvalue weighted by atomic mass is 10.0. The number of aryl methyl sites for hydroxylation is 2. The predicted octanol–water partition coefficient (Wildman–Crippen LogP) is 4.21. The summed E-state index contributed by atoms with van der Waals surface area (Å²) < 4.78 is 11.3. The summed E-state index contributed by atoms with van der Waals surface area (Å²) in [6, 6.07) is 11.2. The Balaban J connectivity index is 1.96. The molecular formula is C20H24O4. The Labute approximate surface area is 142 Å². The van der Waals surface area contributed by atoms with Crippen molar-refractivity contribution in [3.63, 3.8) is 0 Å². The second-order valence-electron chi connectivity index (χ2n) is 6.33. The fourth-order valence-electron chi connectivity index (χ4n) is 3.05. The summed E-state index contributed by atoms with van der Waals surface area (Å²) in [5.74, 6) is 1.74. The predicted molar refractivity (Wildman–Crippen MR) is 93.1 cm³/mol. The third-order valence-corrected chi connectivity index (χ3v) is 4.49. The van der Waals surface area contributed by atoms with Crippen molar-refractivity contribution in [3.05, 3.63) is 47.5 Å². The number of aromatic hydroxyl groups is 1. The van der Waals surface area contributed by atoms with E-state index < -0.39 is 0 Å². The summed E-state index contributed by atoms with van der Waals surface area (Å²) in [4.78, 5) is 0. The van der Waals surface area contributed by atoms with Gasteiger partial charge in [0.25, 0.3) is 0 Å². The lowest BCUT2D eigenvalue weighted by molar-refractivity contribution is 0.151. The molecule has 4 rings (SSSR count). The standard InChI is InChI=1S/C20H24O4/c1-23-20-13-14-4-2-3-5-16(21)9-6-15-7-10-17(22)19(12-15)24-18(20)11-8-14/h7-8,10-13,16,21-22H,2-6,9H2,1H3/t16-/m0/s1. The lowest BCUT2D eigenvalue weighted by Crippen LogP contribution is -2.08. The van der Waals surface area contributed by atoms with Crippen LogP contribution in [0.15, 0.2) is 36.4 Å². The van der Waals surface area contributed by atoms with Gasteiger partial charge in [0.1, 0.15) is 0 Å². The molecule has 0 spiro atoms. The van der Waals surface area contributed by atoms with Crippen LogP contribution >= 0.6 is 0 Å². The molecule has 2 aliphatic rings.